The van der Waals surface area contributed by atoms with Crippen molar-refractivity contribution in [3.63, 3.8) is 0 Å². The largest absolute Gasteiger partial charge is 0.381 e. The van der Waals surface area contributed by atoms with Gasteiger partial charge in [0.05, 0.1) is 5.75 Å². The Hall–Kier alpha value is -2.35. The lowest BCUT2D eigenvalue weighted by atomic mass is 9.74. The van der Waals surface area contributed by atoms with E-state index in [1.807, 2.05) is 41.9 Å². The average Bonchev–Trinajstić information content (AvgIpc) is 3.18. The van der Waals surface area contributed by atoms with Gasteiger partial charge in [-0.3, -0.25) is 4.79 Å². The zero-order chi connectivity index (χ0) is 21.7. The minimum Gasteiger partial charge on any atom is -0.381 e. The number of ether oxygens (including phenoxy) is 1. The molecule has 2 aromatic carbocycles. The van der Waals surface area contributed by atoms with Gasteiger partial charge in [-0.1, -0.05) is 53.7 Å². The number of amides is 1. The summed E-state index contributed by atoms with van der Waals surface area (Å²) < 4.78 is 7.47. The van der Waals surface area contributed by atoms with Crippen LogP contribution in [-0.4, -0.2) is 46.2 Å². The van der Waals surface area contributed by atoms with Crippen molar-refractivity contribution in [1.82, 2.24) is 20.1 Å². The molecule has 6 nitrogen and oxygen atoms in total. The van der Waals surface area contributed by atoms with Crippen LogP contribution in [-0.2, 0) is 22.0 Å². The van der Waals surface area contributed by atoms with Crippen LogP contribution in [0.1, 0.15) is 18.4 Å². The Bertz CT molecular complexity index is 1020. The monoisotopic (exact) mass is 456 g/mol. The van der Waals surface area contributed by atoms with Gasteiger partial charge >= 0.3 is 0 Å². The number of halogens is 1. The number of aromatic nitrogens is 3. The van der Waals surface area contributed by atoms with Crippen LogP contribution in [0.25, 0.3) is 11.4 Å². The molecular formula is C23H25ClN4O2S. The molecule has 0 aliphatic carbocycles. The third-order valence-corrected chi connectivity index (χ3v) is 7.00. The van der Waals surface area contributed by atoms with Gasteiger partial charge in [0.1, 0.15) is 0 Å². The highest BCUT2D eigenvalue weighted by atomic mass is 35.5. The molecule has 2 heterocycles. The normalized spacial score (nSPS) is 15.5. The molecule has 1 N–H and O–H groups in total. The first-order valence-corrected chi connectivity index (χ1v) is 11.6. The molecule has 0 radical (unpaired) electrons. The SMILES string of the molecule is Cn1c(SCC(=O)NCC2(c3ccccc3)CCOCC2)nnc1-c1ccc(Cl)cc1. The molecule has 0 saturated carbocycles. The molecule has 1 saturated heterocycles. The van der Waals surface area contributed by atoms with Crippen LogP contribution < -0.4 is 5.32 Å². The maximum absolute atomic E-state index is 12.6. The van der Waals surface area contributed by atoms with E-state index in [2.05, 4.69) is 39.8 Å². The van der Waals surface area contributed by atoms with Gasteiger partial charge in [-0.15, -0.1) is 10.2 Å². The second kappa shape index (κ2) is 9.85. The van der Waals surface area contributed by atoms with Gasteiger partial charge < -0.3 is 14.6 Å². The first kappa shape index (κ1) is 21.9. The first-order chi connectivity index (χ1) is 15.1. The Kier molecular flexibility index (Phi) is 6.95. The van der Waals surface area contributed by atoms with Crippen LogP contribution in [0.4, 0.5) is 0 Å². The second-order valence-electron chi connectivity index (χ2n) is 7.70. The Morgan fingerprint density at radius 3 is 2.55 bits per heavy atom. The Balaban J connectivity index is 1.36. The van der Waals surface area contributed by atoms with Crippen LogP contribution in [0, 0.1) is 0 Å². The highest BCUT2D eigenvalue weighted by Crippen LogP contribution is 2.34. The fourth-order valence-corrected chi connectivity index (χ4v) is 4.73. The Morgan fingerprint density at radius 1 is 1.13 bits per heavy atom. The van der Waals surface area contributed by atoms with Crippen molar-refractivity contribution >= 4 is 29.3 Å². The maximum Gasteiger partial charge on any atom is 0.230 e. The molecule has 1 fully saturated rings. The molecule has 162 valence electrons. The molecule has 0 spiro atoms. The fraction of sp³-hybridized carbons (Fsp3) is 0.348. The molecule has 31 heavy (non-hydrogen) atoms. The van der Waals surface area contributed by atoms with Crippen molar-refractivity contribution in [3.05, 3.63) is 65.2 Å². The standard InChI is InChI=1S/C23H25ClN4O2S/c1-28-21(17-7-9-19(24)10-8-17)26-27-22(28)31-15-20(29)25-16-23(11-13-30-14-12-23)18-5-3-2-4-6-18/h2-10H,11-16H2,1H3,(H,25,29). The molecule has 0 atom stereocenters. The van der Waals surface area contributed by atoms with Crippen LogP contribution in [0.3, 0.4) is 0 Å². The van der Waals surface area contributed by atoms with E-state index in [4.69, 9.17) is 16.3 Å². The van der Waals surface area contributed by atoms with Crippen LogP contribution in [0.15, 0.2) is 59.8 Å². The summed E-state index contributed by atoms with van der Waals surface area (Å²) in [5.41, 5.74) is 2.11. The van der Waals surface area contributed by atoms with E-state index in [-0.39, 0.29) is 17.1 Å². The zero-order valence-electron chi connectivity index (χ0n) is 17.4. The van der Waals surface area contributed by atoms with Crippen LogP contribution >= 0.6 is 23.4 Å². The lowest BCUT2D eigenvalue weighted by Crippen LogP contribution is -2.45. The zero-order valence-corrected chi connectivity index (χ0v) is 19.0. The molecular weight excluding hydrogens is 432 g/mol. The lowest BCUT2D eigenvalue weighted by Gasteiger charge is -2.38. The van der Waals surface area contributed by atoms with Gasteiger partial charge in [-0.05, 0) is 42.7 Å². The highest BCUT2D eigenvalue weighted by molar-refractivity contribution is 7.99. The number of carbonyl (C=O) groups excluding carboxylic acids is 1. The van der Waals surface area contributed by atoms with E-state index in [1.54, 1.807) is 0 Å². The predicted molar refractivity (Wildman–Crippen MR) is 123 cm³/mol. The number of hydrogen-bond donors (Lipinski definition) is 1. The van der Waals surface area contributed by atoms with Crippen LogP contribution in [0.2, 0.25) is 5.02 Å². The minimum absolute atomic E-state index is 0.0113. The van der Waals surface area contributed by atoms with Crippen molar-refractivity contribution in [2.24, 2.45) is 7.05 Å². The molecule has 1 aliphatic heterocycles. The summed E-state index contributed by atoms with van der Waals surface area (Å²) in [5, 5.41) is 13.0. The second-order valence-corrected chi connectivity index (χ2v) is 9.08. The van der Waals surface area contributed by atoms with E-state index in [1.165, 1.54) is 17.3 Å². The van der Waals surface area contributed by atoms with Gasteiger partial charge in [0.25, 0.3) is 0 Å². The smallest absolute Gasteiger partial charge is 0.230 e. The molecule has 1 amide bonds. The van der Waals surface area contributed by atoms with Crippen molar-refractivity contribution in [2.45, 2.75) is 23.4 Å². The molecule has 3 aromatic rings. The molecule has 1 aromatic heterocycles. The van der Waals surface area contributed by atoms with Crippen molar-refractivity contribution in [1.29, 1.82) is 0 Å². The van der Waals surface area contributed by atoms with Gasteiger partial charge in [-0.2, -0.15) is 0 Å². The molecule has 4 rings (SSSR count). The number of carbonyl (C=O) groups is 1. The number of rotatable bonds is 7. The summed E-state index contributed by atoms with van der Waals surface area (Å²) in [4.78, 5) is 12.6. The van der Waals surface area contributed by atoms with E-state index < -0.39 is 0 Å². The summed E-state index contributed by atoms with van der Waals surface area (Å²) in [6.45, 7) is 2.03. The molecule has 8 heteroatoms. The number of thioether (sulfide) groups is 1. The molecule has 0 bridgehead atoms. The van der Waals surface area contributed by atoms with Gasteiger partial charge in [0.2, 0.25) is 5.91 Å². The Morgan fingerprint density at radius 2 is 1.84 bits per heavy atom. The van der Waals surface area contributed by atoms with Crippen LogP contribution in [0.5, 0.6) is 0 Å². The van der Waals surface area contributed by atoms with E-state index in [0.29, 0.717) is 29.9 Å². The van der Waals surface area contributed by atoms with E-state index in [9.17, 15) is 4.79 Å². The minimum atomic E-state index is -0.0770. The number of nitrogens with one attached hydrogen (secondary N) is 1. The predicted octanol–water partition coefficient (Wildman–Crippen LogP) is 4.09. The van der Waals surface area contributed by atoms with Crippen molar-refractivity contribution in [2.75, 3.05) is 25.5 Å². The summed E-state index contributed by atoms with van der Waals surface area (Å²) in [7, 11) is 1.90. The van der Waals surface area contributed by atoms with Gasteiger partial charge in [0.15, 0.2) is 11.0 Å². The summed E-state index contributed by atoms with van der Waals surface area (Å²) in [6.07, 6.45) is 1.80. The van der Waals surface area contributed by atoms with Crippen molar-refractivity contribution in [3.8, 4) is 11.4 Å². The average molecular weight is 457 g/mol. The van der Waals surface area contributed by atoms with Crippen molar-refractivity contribution < 1.29 is 9.53 Å². The Labute approximate surface area is 191 Å². The van der Waals surface area contributed by atoms with E-state index in [0.717, 1.165) is 24.2 Å². The third-order valence-electron chi connectivity index (χ3n) is 5.73. The quantitative estimate of drug-likeness (QED) is 0.542. The number of hydrogen-bond acceptors (Lipinski definition) is 5. The van der Waals surface area contributed by atoms with E-state index >= 15 is 0 Å². The molecule has 0 unspecified atom stereocenters. The third kappa shape index (κ3) is 5.11. The first-order valence-electron chi connectivity index (χ1n) is 10.3. The lowest BCUT2D eigenvalue weighted by molar-refractivity contribution is -0.119. The van der Waals surface area contributed by atoms with Gasteiger partial charge in [0, 0.05) is 42.8 Å². The maximum atomic E-state index is 12.6. The highest BCUT2D eigenvalue weighted by Gasteiger charge is 2.34. The summed E-state index contributed by atoms with van der Waals surface area (Å²) in [6, 6.07) is 17.9. The summed E-state index contributed by atoms with van der Waals surface area (Å²) >= 11 is 7.35. The number of nitrogens with zero attached hydrogens (tertiary/aromatic N) is 3. The fourth-order valence-electron chi connectivity index (χ4n) is 3.86. The van der Waals surface area contributed by atoms with Gasteiger partial charge in [-0.25, -0.2) is 0 Å². The molecule has 1 aliphatic rings. The summed E-state index contributed by atoms with van der Waals surface area (Å²) in [5.74, 6) is 1.01. The topological polar surface area (TPSA) is 69.0 Å². The number of benzene rings is 2.